The van der Waals surface area contributed by atoms with Gasteiger partial charge in [0.15, 0.2) is 17.3 Å². The fraction of sp³-hybridized carbons (Fsp3) is 0.588. The fourth-order valence-corrected chi connectivity index (χ4v) is 3.71. The number of fused-ring (bicyclic) bond motifs is 1. The van der Waals surface area contributed by atoms with E-state index in [-0.39, 0.29) is 24.0 Å². The number of hydrogen-bond acceptors (Lipinski definition) is 3. The summed E-state index contributed by atoms with van der Waals surface area (Å²) < 4.78 is 18.6. The highest BCUT2D eigenvalue weighted by atomic mass is 19.1. The average molecular weight is 291 g/mol. The highest BCUT2D eigenvalue weighted by Crippen LogP contribution is 2.33. The van der Waals surface area contributed by atoms with Crippen LogP contribution in [0.25, 0.3) is 0 Å². The predicted octanol–water partition coefficient (Wildman–Crippen LogP) is 2.87. The molecule has 1 aliphatic heterocycles. The van der Waals surface area contributed by atoms with E-state index in [0.717, 1.165) is 12.0 Å². The Kier molecular flexibility index (Phi) is 4.24. The van der Waals surface area contributed by atoms with Crippen molar-refractivity contribution in [3.05, 3.63) is 29.6 Å². The smallest absolute Gasteiger partial charge is 0.165 e. The van der Waals surface area contributed by atoms with Gasteiger partial charge in [0.05, 0.1) is 13.2 Å². The largest absolute Gasteiger partial charge is 0.494 e. The Morgan fingerprint density at radius 1 is 1.38 bits per heavy atom. The van der Waals surface area contributed by atoms with Gasteiger partial charge in [-0.3, -0.25) is 4.79 Å². The molecule has 1 aromatic rings. The molecule has 1 saturated heterocycles. The minimum absolute atomic E-state index is 0.0525. The highest BCUT2D eigenvalue weighted by Gasteiger charge is 2.37. The van der Waals surface area contributed by atoms with E-state index in [4.69, 9.17) is 4.74 Å². The van der Waals surface area contributed by atoms with Crippen molar-refractivity contribution in [2.75, 3.05) is 7.11 Å². The van der Waals surface area contributed by atoms with E-state index in [1.54, 1.807) is 12.1 Å². The van der Waals surface area contributed by atoms with Gasteiger partial charge in [-0.05, 0) is 42.9 Å². The lowest BCUT2D eigenvalue weighted by Crippen LogP contribution is -2.37. The van der Waals surface area contributed by atoms with Gasteiger partial charge in [0.2, 0.25) is 0 Å². The molecule has 0 spiro atoms. The van der Waals surface area contributed by atoms with Crippen LogP contribution in [0.5, 0.6) is 5.75 Å². The van der Waals surface area contributed by atoms with Crippen molar-refractivity contribution in [2.24, 2.45) is 5.92 Å². The molecule has 1 N–H and O–H groups in total. The number of rotatable bonds is 4. The summed E-state index contributed by atoms with van der Waals surface area (Å²) in [6.07, 6.45) is 6.20. The van der Waals surface area contributed by atoms with Crippen LogP contribution >= 0.6 is 0 Å². The fourth-order valence-electron chi connectivity index (χ4n) is 3.71. The Morgan fingerprint density at radius 2 is 2.19 bits per heavy atom. The predicted molar refractivity (Wildman–Crippen MR) is 78.9 cm³/mol. The van der Waals surface area contributed by atoms with Gasteiger partial charge in [-0.15, -0.1) is 0 Å². The van der Waals surface area contributed by atoms with Crippen LogP contribution in [0, 0.1) is 11.7 Å². The van der Waals surface area contributed by atoms with Crippen molar-refractivity contribution < 1.29 is 13.9 Å². The van der Waals surface area contributed by atoms with Crippen molar-refractivity contribution in [1.29, 1.82) is 0 Å². The van der Waals surface area contributed by atoms with Gasteiger partial charge >= 0.3 is 0 Å². The summed E-state index contributed by atoms with van der Waals surface area (Å²) in [7, 11) is 1.44. The van der Waals surface area contributed by atoms with Gasteiger partial charge in [-0.1, -0.05) is 18.9 Å². The van der Waals surface area contributed by atoms with Crippen LogP contribution in [-0.4, -0.2) is 25.0 Å². The van der Waals surface area contributed by atoms with Crippen LogP contribution in [0.3, 0.4) is 0 Å². The first kappa shape index (κ1) is 14.5. The third kappa shape index (κ3) is 3.10. The zero-order valence-corrected chi connectivity index (χ0v) is 12.4. The second-order valence-corrected chi connectivity index (χ2v) is 6.22. The molecule has 114 valence electrons. The van der Waals surface area contributed by atoms with Crippen molar-refractivity contribution >= 4 is 5.78 Å². The number of ketones is 1. The quantitative estimate of drug-likeness (QED) is 0.927. The molecule has 0 aromatic heterocycles. The first-order valence-electron chi connectivity index (χ1n) is 7.78. The molecule has 21 heavy (non-hydrogen) atoms. The number of Topliss-reactive ketones (excluding diaryl/α,β-unsaturated/α-hetero) is 1. The summed E-state index contributed by atoms with van der Waals surface area (Å²) in [6, 6.07) is 5.21. The zero-order valence-electron chi connectivity index (χ0n) is 12.4. The van der Waals surface area contributed by atoms with E-state index in [1.165, 1.54) is 38.9 Å². The monoisotopic (exact) mass is 291 g/mol. The van der Waals surface area contributed by atoms with Gasteiger partial charge in [-0.2, -0.15) is 0 Å². The normalized spacial score (nSPS) is 28.2. The number of nitrogens with one attached hydrogen (secondary N) is 1. The molecule has 1 aromatic carbocycles. The highest BCUT2D eigenvalue weighted by molar-refractivity contribution is 5.86. The SMILES string of the molecule is COc1ccc(CC(=O)C2CC3CCCCC3N2)cc1F. The van der Waals surface area contributed by atoms with Gasteiger partial charge in [0.1, 0.15) is 0 Å². The van der Waals surface area contributed by atoms with Crippen molar-refractivity contribution in [3.63, 3.8) is 0 Å². The lowest BCUT2D eigenvalue weighted by molar-refractivity contribution is -0.120. The summed E-state index contributed by atoms with van der Waals surface area (Å²) in [4.78, 5) is 12.4. The number of carbonyl (C=O) groups excluding carboxylic acids is 1. The molecular weight excluding hydrogens is 269 g/mol. The Balaban J connectivity index is 1.62. The molecule has 1 saturated carbocycles. The molecule has 2 aliphatic rings. The van der Waals surface area contributed by atoms with Crippen LogP contribution in [0.4, 0.5) is 4.39 Å². The number of ether oxygens (including phenoxy) is 1. The van der Waals surface area contributed by atoms with Crippen LogP contribution in [0.15, 0.2) is 18.2 Å². The topological polar surface area (TPSA) is 38.3 Å². The molecule has 3 rings (SSSR count). The zero-order chi connectivity index (χ0) is 14.8. The first-order chi connectivity index (χ1) is 10.2. The first-order valence-corrected chi connectivity index (χ1v) is 7.78. The molecule has 4 heteroatoms. The molecule has 3 atom stereocenters. The molecule has 1 aliphatic carbocycles. The summed E-state index contributed by atoms with van der Waals surface area (Å²) in [6.45, 7) is 0. The van der Waals surface area contributed by atoms with E-state index in [9.17, 15) is 9.18 Å². The lowest BCUT2D eigenvalue weighted by atomic mass is 9.84. The van der Waals surface area contributed by atoms with Gasteiger partial charge in [-0.25, -0.2) is 4.39 Å². The van der Waals surface area contributed by atoms with Gasteiger partial charge in [0.25, 0.3) is 0 Å². The summed E-state index contributed by atoms with van der Waals surface area (Å²) in [5.74, 6) is 0.640. The third-order valence-electron chi connectivity index (χ3n) is 4.85. The second-order valence-electron chi connectivity index (χ2n) is 6.22. The number of methoxy groups -OCH3 is 1. The molecular formula is C17H22FNO2. The standard InChI is InChI=1S/C17H22FNO2/c1-21-17-7-6-11(8-13(17)18)9-16(20)15-10-12-4-2-3-5-14(12)19-15/h6-8,12,14-15,19H,2-5,9-10H2,1H3. The Hall–Kier alpha value is -1.42. The van der Waals surface area contributed by atoms with Crippen LogP contribution in [0.2, 0.25) is 0 Å². The van der Waals surface area contributed by atoms with Crippen LogP contribution in [0.1, 0.15) is 37.7 Å². The van der Waals surface area contributed by atoms with Gasteiger partial charge < -0.3 is 10.1 Å². The van der Waals surface area contributed by atoms with Gasteiger partial charge in [0, 0.05) is 12.5 Å². The number of benzene rings is 1. The second kappa shape index (κ2) is 6.14. The van der Waals surface area contributed by atoms with Crippen molar-refractivity contribution in [1.82, 2.24) is 5.32 Å². The Morgan fingerprint density at radius 3 is 2.90 bits per heavy atom. The number of halogens is 1. The Bertz CT molecular complexity index is 518. The molecule has 1 heterocycles. The summed E-state index contributed by atoms with van der Waals surface area (Å²) >= 11 is 0. The minimum atomic E-state index is -0.407. The summed E-state index contributed by atoms with van der Waals surface area (Å²) in [5, 5.41) is 3.48. The summed E-state index contributed by atoms with van der Waals surface area (Å²) in [5.41, 5.74) is 0.718. The lowest BCUT2D eigenvalue weighted by Gasteiger charge is -2.24. The number of hydrogen-bond donors (Lipinski definition) is 1. The van der Waals surface area contributed by atoms with E-state index in [2.05, 4.69) is 5.32 Å². The molecule has 3 unspecified atom stereocenters. The molecule has 0 bridgehead atoms. The van der Waals surface area contributed by atoms with Crippen LogP contribution in [-0.2, 0) is 11.2 Å². The van der Waals surface area contributed by atoms with E-state index in [1.807, 2.05) is 0 Å². The molecule has 0 radical (unpaired) electrons. The van der Waals surface area contributed by atoms with E-state index < -0.39 is 5.82 Å². The Labute approximate surface area is 124 Å². The third-order valence-corrected chi connectivity index (χ3v) is 4.85. The van der Waals surface area contributed by atoms with Crippen molar-refractivity contribution in [3.8, 4) is 5.75 Å². The van der Waals surface area contributed by atoms with Crippen LogP contribution < -0.4 is 10.1 Å². The molecule has 2 fully saturated rings. The minimum Gasteiger partial charge on any atom is -0.494 e. The molecule has 3 nitrogen and oxygen atoms in total. The maximum atomic E-state index is 13.7. The number of carbonyl (C=O) groups is 1. The van der Waals surface area contributed by atoms with E-state index >= 15 is 0 Å². The van der Waals surface area contributed by atoms with E-state index in [0.29, 0.717) is 12.0 Å². The maximum Gasteiger partial charge on any atom is 0.165 e. The maximum absolute atomic E-state index is 13.7. The van der Waals surface area contributed by atoms with Crippen molar-refractivity contribution in [2.45, 2.75) is 50.6 Å². The average Bonchev–Trinajstić information content (AvgIpc) is 2.91. The molecule has 0 amide bonds.